The maximum atomic E-state index is 12.3. The first-order valence-electron chi connectivity index (χ1n) is 5.82. The Morgan fingerprint density at radius 2 is 2.00 bits per heavy atom. The van der Waals surface area contributed by atoms with Crippen LogP contribution in [0.5, 0.6) is 0 Å². The number of sulfone groups is 1. The quantitative estimate of drug-likeness (QED) is 0.732. The van der Waals surface area contributed by atoms with Gasteiger partial charge in [-0.05, 0) is 18.8 Å². The maximum Gasteiger partial charge on any atom is 0.235 e. The number of nitrogens with two attached hydrogens (primary N) is 1. The van der Waals surface area contributed by atoms with E-state index in [0.717, 1.165) is 6.26 Å². The zero-order chi connectivity index (χ0) is 14.1. The highest BCUT2D eigenvalue weighted by Gasteiger charge is 2.51. The van der Waals surface area contributed by atoms with Crippen LogP contribution >= 0.6 is 12.2 Å². The van der Waals surface area contributed by atoms with Crippen molar-refractivity contribution >= 4 is 33.0 Å². The molecule has 1 aliphatic carbocycles. The van der Waals surface area contributed by atoms with Gasteiger partial charge in [-0.3, -0.25) is 4.79 Å². The Hall–Kier alpha value is -0.690. The normalized spacial score (nSPS) is 27.4. The standard InChI is InChI=1S/C11H20N2O3S2/c1-8-6-11(7-8,9(12)17)10(14)13(2)4-5-18(3,15)16/h8H,4-7H2,1-3H3,(H2,12,17). The number of carbonyl (C=O) groups excluding carboxylic acids is 1. The molecular formula is C11H20N2O3S2. The highest BCUT2D eigenvalue weighted by molar-refractivity contribution is 7.90. The summed E-state index contributed by atoms with van der Waals surface area (Å²) in [7, 11) is -1.48. The summed E-state index contributed by atoms with van der Waals surface area (Å²) in [6.45, 7) is 2.22. The topological polar surface area (TPSA) is 80.5 Å². The SMILES string of the molecule is CC1CC(C(=O)N(C)CCS(C)(=O)=O)(C(N)=S)C1. The van der Waals surface area contributed by atoms with Gasteiger partial charge in [-0.2, -0.15) is 0 Å². The zero-order valence-electron chi connectivity index (χ0n) is 11.0. The number of thiocarbonyl (C=S) groups is 1. The minimum atomic E-state index is -3.08. The second-order valence-corrected chi connectivity index (χ2v) is 8.02. The molecule has 1 aliphatic rings. The predicted octanol–water partition coefficient (Wildman–Crippen LogP) is 0.192. The summed E-state index contributed by atoms with van der Waals surface area (Å²) in [5, 5.41) is 0. The van der Waals surface area contributed by atoms with Gasteiger partial charge in [-0.25, -0.2) is 8.42 Å². The van der Waals surface area contributed by atoms with E-state index < -0.39 is 15.3 Å². The van der Waals surface area contributed by atoms with Crippen LogP contribution in [0.2, 0.25) is 0 Å². The van der Waals surface area contributed by atoms with Crippen molar-refractivity contribution in [2.45, 2.75) is 19.8 Å². The Bertz CT molecular complexity index is 453. The first-order chi connectivity index (χ1) is 8.08. The molecule has 0 bridgehead atoms. The average molecular weight is 292 g/mol. The van der Waals surface area contributed by atoms with Gasteiger partial charge in [0.2, 0.25) is 5.91 Å². The van der Waals surface area contributed by atoms with Gasteiger partial charge in [0.25, 0.3) is 0 Å². The fraction of sp³-hybridized carbons (Fsp3) is 0.818. The van der Waals surface area contributed by atoms with Crippen LogP contribution < -0.4 is 5.73 Å². The Kier molecular flexibility index (Phi) is 4.38. The molecule has 0 aromatic heterocycles. The van der Waals surface area contributed by atoms with E-state index in [9.17, 15) is 13.2 Å². The Morgan fingerprint density at radius 1 is 1.50 bits per heavy atom. The molecule has 0 aromatic rings. The zero-order valence-corrected chi connectivity index (χ0v) is 12.6. The molecule has 1 saturated carbocycles. The van der Waals surface area contributed by atoms with Gasteiger partial charge in [0.05, 0.1) is 16.2 Å². The smallest absolute Gasteiger partial charge is 0.235 e. The molecule has 0 spiro atoms. The van der Waals surface area contributed by atoms with E-state index in [2.05, 4.69) is 0 Å². The summed E-state index contributed by atoms with van der Waals surface area (Å²) in [6, 6.07) is 0. The summed E-state index contributed by atoms with van der Waals surface area (Å²) in [5.41, 5.74) is 4.93. The second-order valence-electron chi connectivity index (χ2n) is 5.32. The molecule has 0 unspecified atom stereocenters. The third kappa shape index (κ3) is 3.20. The van der Waals surface area contributed by atoms with Crippen LogP contribution in [-0.4, -0.2) is 49.8 Å². The van der Waals surface area contributed by atoms with Crippen LogP contribution in [0, 0.1) is 11.3 Å². The van der Waals surface area contributed by atoms with E-state index in [-0.39, 0.29) is 23.2 Å². The molecule has 0 saturated heterocycles. The van der Waals surface area contributed by atoms with Crippen LogP contribution in [0.4, 0.5) is 0 Å². The Balaban J connectivity index is 2.71. The van der Waals surface area contributed by atoms with Crippen LogP contribution in [0.1, 0.15) is 19.8 Å². The molecule has 0 aromatic carbocycles. The molecule has 1 amide bonds. The molecular weight excluding hydrogens is 272 g/mol. The highest BCUT2D eigenvalue weighted by atomic mass is 32.2. The fourth-order valence-electron chi connectivity index (χ4n) is 2.38. The molecule has 1 fully saturated rings. The monoisotopic (exact) mass is 292 g/mol. The number of carbonyl (C=O) groups is 1. The lowest BCUT2D eigenvalue weighted by Crippen LogP contribution is -2.56. The molecule has 1 rings (SSSR count). The van der Waals surface area contributed by atoms with Crippen LogP contribution in [0.15, 0.2) is 0 Å². The molecule has 0 radical (unpaired) electrons. The second kappa shape index (κ2) is 5.13. The van der Waals surface area contributed by atoms with E-state index in [0.29, 0.717) is 18.8 Å². The molecule has 7 heteroatoms. The summed E-state index contributed by atoms with van der Waals surface area (Å²) < 4.78 is 22.2. The van der Waals surface area contributed by atoms with Crippen LogP contribution in [0.25, 0.3) is 0 Å². The van der Waals surface area contributed by atoms with E-state index in [1.807, 2.05) is 6.92 Å². The van der Waals surface area contributed by atoms with Crippen molar-refractivity contribution < 1.29 is 13.2 Å². The van der Waals surface area contributed by atoms with Gasteiger partial charge in [0.15, 0.2) is 0 Å². The average Bonchev–Trinajstić information content (AvgIpc) is 2.18. The summed E-state index contributed by atoms with van der Waals surface area (Å²) in [6.07, 6.45) is 2.47. The van der Waals surface area contributed by atoms with Crippen molar-refractivity contribution in [3.8, 4) is 0 Å². The summed E-state index contributed by atoms with van der Waals surface area (Å²) >= 11 is 5.00. The number of nitrogens with zero attached hydrogens (tertiary/aromatic N) is 1. The lowest BCUT2D eigenvalue weighted by Gasteiger charge is -2.46. The first kappa shape index (κ1) is 15.4. The van der Waals surface area contributed by atoms with Gasteiger partial charge in [-0.1, -0.05) is 19.1 Å². The van der Waals surface area contributed by atoms with Crippen molar-refractivity contribution in [3.63, 3.8) is 0 Å². The van der Waals surface area contributed by atoms with Crippen LogP contribution in [-0.2, 0) is 14.6 Å². The lowest BCUT2D eigenvalue weighted by molar-refractivity contribution is -0.142. The molecule has 18 heavy (non-hydrogen) atoms. The predicted molar refractivity (Wildman–Crippen MR) is 75.0 cm³/mol. The molecule has 0 aliphatic heterocycles. The molecule has 0 atom stereocenters. The molecule has 2 N–H and O–H groups in total. The maximum absolute atomic E-state index is 12.3. The minimum Gasteiger partial charge on any atom is -0.392 e. The van der Waals surface area contributed by atoms with Gasteiger partial charge < -0.3 is 10.6 Å². The van der Waals surface area contributed by atoms with Crippen molar-refractivity contribution in [1.82, 2.24) is 4.90 Å². The van der Waals surface area contributed by atoms with Crippen molar-refractivity contribution in [3.05, 3.63) is 0 Å². The van der Waals surface area contributed by atoms with E-state index in [1.54, 1.807) is 7.05 Å². The molecule has 5 nitrogen and oxygen atoms in total. The Labute approximate surface area is 114 Å². The van der Waals surface area contributed by atoms with Gasteiger partial charge in [0, 0.05) is 19.8 Å². The van der Waals surface area contributed by atoms with Crippen molar-refractivity contribution in [1.29, 1.82) is 0 Å². The number of hydrogen-bond acceptors (Lipinski definition) is 4. The highest BCUT2D eigenvalue weighted by Crippen LogP contribution is 2.46. The third-order valence-electron chi connectivity index (χ3n) is 3.42. The third-order valence-corrected chi connectivity index (χ3v) is 4.73. The van der Waals surface area contributed by atoms with E-state index >= 15 is 0 Å². The van der Waals surface area contributed by atoms with E-state index in [1.165, 1.54) is 4.90 Å². The number of hydrogen-bond donors (Lipinski definition) is 1. The largest absolute Gasteiger partial charge is 0.392 e. The number of amides is 1. The number of rotatable bonds is 5. The molecule has 104 valence electrons. The van der Waals surface area contributed by atoms with Gasteiger partial charge >= 0.3 is 0 Å². The van der Waals surface area contributed by atoms with E-state index in [4.69, 9.17) is 18.0 Å². The lowest BCUT2D eigenvalue weighted by atomic mass is 9.61. The Morgan fingerprint density at radius 3 is 2.33 bits per heavy atom. The first-order valence-corrected chi connectivity index (χ1v) is 8.28. The summed E-state index contributed by atoms with van der Waals surface area (Å²) in [4.78, 5) is 14.0. The van der Waals surface area contributed by atoms with Crippen molar-refractivity contribution in [2.75, 3.05) is 25.6 Å². The molecule has 0 heterocycles. The van der Waals surface area contributed by atoms with Gasteiger partial charge in [0.1, 0.15) is 9.84 Å². The van der Waals surface area contributed by atoms with Gasteiger partial charge in [-0.15, -0.1) is 0 Å². The van der Waals surface area contributed by atoms with Crippen molar-refractivity contribution in [2.24, 2.45) is 17.1 Å². The van der Waals surface area contributed by atoms with Crippen LogP contribution in [0.3, 0.4) is 0 Å². The fourth-order valence-corrected chi connectivity index (χ4v) is 3.24. The summed E-state index contributed by atoms with van der Waals surface area (Å²) in [5.74, 6) is 0.230. The minimum absolute atomic E-state index is 0.0434.